The van der Waals surface area contributed by atoms with Crippen LogP contribution in [0.25, 0.3) is 44.0 Å². The number of hydrogen-bond acceptors (Lipinski definition) is 6. The van der Waals surface area contributed by atoms with Gasteiger partial charge in [-0.25, -0.2) is 4.98 Å². The van der Waals surface area contributed by atoms with E-state index in [1.54, 1.807) is 0 Å². The largest absolute Gasteiger partial charge is 0.494 e. The van der Waals surface area contributed by atoms with E-state index in [4.69, 9.17) is 28.3 Å². The summed E-state index contributed by atoms with van der Waals surface area (Å²) in [5.74, 6) is 1.88. The molecule has 2 saturated heterocycles. The monoisotopic (exact) mass is 787 g/mol. The van der Waals surface area contributed by atoms with E-state index in [-0.39, 0.29) is 0 Å². The Labute approximate surface area is 349 Å². The van der Waals surface area contributed by atoms with Crippen molar-refractivity contribution >= 4 is 57.7 Å². The van der Waals surface area contributed by atoms with Crippen LogP contribution >= 0.6 is 0 Å². The van der Waals surface area contributed by atoms with E-state index in [0.29, 0.717) is 0 Å². The van der Waals surface area contributed by atoms with E-state index in [9.17, 15) is 0 Å². The van der Waals surface area contributed by atoms with Gasteiger partial charge < -0.3 is 27.9 Å². The highest BCUT2D eigenvalue weighted by Gasteiger charge is 2.53. The maximum absolute atomic E-state index is 6.61. The van der Waals surface area contributed by atoms with Crippen LogP contribution in [0.4, 0.5) is 0 Å². The van der Waals surface area contributed by atoms with E-state index in [0.717, 1.165) is 81.2 Å². The van der Waals surface area contributed by atoms with Crippen LogP contribution in [0.3, 0.4) is 0 Å². The van der Waals surface area contributed by atoms with Gasteiger partial charge in [0.2, 0.25) is 0 Å². The third-order valence-corrected chi connectivity index (χ3v) is 13.5. The molecule has 0 radical (unpaired) electrons. The zero-order valence-corrected chi connectivity index (χ0v) is 37.3. The number of nitrogens with zero attached hydrogens (tertiary/aromatic N) is 2. The van der Waals surface area contributed by atoms with Crippen molar-refractivity contribution in [2.24, 2.45) is 0 Å². The molecular formula is C49H68B2N2O5. The molecule has 0 N–H and O–H groups in total. The molecule has 9 heteroatoms. The van der Waals surface area contributed by atoms with Gasteiger partial charge in [0.1, 0.15) is 11.6 Å². The van der Waals surface area contributed by atoms with Crippen LogP contribution in [0, 0.1) is 0 Å². The van der Waals surface area contributed by atoms with Crippen LogP contribution < -0.4 is 15.7 Å². The second-order valence-electron chi connectivity index (χ2n) is 19.0. The average molecular weight is 787 g/mol. The molecule has 1 aromatic heterocycles. The molecular weight excluding hydrogens is 718 g/mol. The standard InChI is InChI=1S/C49H68B2N2O5/c1-11-13-15-17-19-21-31-53-44-42-34-37(51-57-48(7,8)49(9,10)58-51)26-30-40(42)39-29-25-36(50-55-46(3,4)47(5,6)56-50)33-41(39)43(44)52-45(53)35-23-27-38(28-24-35)54-32-22-20-18-16-14-12-2/h23-30,33-34H,11-22,31-32H2,1-10H3. The first kappa shape index (κ1) is 42.8. The number of imidazole rings is 1. The molecule has 0 aliphatic carbocycles. The Kier molecular flexibility index (Phi) is 12.8. The van der Waals surface area contributed by atoms with Crippen LogP contribution in [-0.2, 0) is 25.2 Å². The minimum atomic E-state index is -0.473. The van der Waals surface area contributed by atoms with E-state index in [2.05, 4.69) is 134 Å². The summed E-state index contributed by atoms with van der Waals surface area (Å²) in [7, 11) is -0.941. The zero-order valence-electron chi connectivity index (χ0n) is 37.3. The number of unbranched alkanes of at least 4 members (excludes halogenated alkanes) is 10. The van der Waals surface area contributed by atoms with Gasteiger partial charge in [-0.3, -0.25) is 0 Å². The Balaban J connectivity index is 1.34. The van der Waals surface area contributed by atoms with Gasteiger partial charge in [0.05, 0.1) is 40.0 Å². The lowest BCUT2D eigenvalue weighted by Gasteiger charge is -2.32. The molecule has 58 heavy (non-hydrogen) atoms. The Bertz CT molecular complexity index is 2160. The van der Waals surface area contributed by atoms with E-state index >= 15 is 0 Å². The summed E-state index contributed by atoms with van der Waals surface area (Å²) in [5.41, 5.74) is 3.46. The van der Waals surface area contributed by atoms with E-state index in [1.807, 2.05) is 0 Å². The highest BCUT2D eigenvalue weighted by atomic mass is 16.7. The number of ether oxygens (including phenoxy) is 1. The van der Waals surface area contributed by atoms with Crippen molar-refractivity contribution in [2.45, 2.75) is 175 Å². The normalized spacial score (nSPS) is 18.3. The van der Waals surface area contributed by atoms with Crippen molar-refractivity contribution in [3.8, 4) is 17.1 Å². The predicted molar refractivity (Wildman–Crippen MR) is 244 cm³/mol. The van der Waals surface area contributed by atoms with Crippen molar-refractivity contribution in [3.63, 3.8) is 0 Å². The van der Waals surface area contributed by atoms with Crippen molar-refractivity contribution in [1.82, 2.24) is 9.55 Å². The molecule has 0 unspecified atom stereocenters. The molecule has 7 rings (SSSR count). The molecule has 2 aliphatic rings. The van der Waals surface area contributed by atoms with Crippen LogP contribution in [0.1, 0.15) is 146 Å². The third kappa shape index (κ3) is 8.62. The summed E-state index contributed by atoms with van der Waals surface area (Å²) < 4.78 is 35.1. The molecule has 0 saturated carbocycles. The summed E-state index contributed by atoms with van der Waals surface area (Å²) in [5, 5.41) is 4.58. The van der Waals surface area contributed by atoms with E-state index < -0.39 is 36.6 Å². The maximum Gasteiger partial charge on any atom is 0.494 e. The zero-order chi connectivity index (χ0) is 41.3. The fourth-order valence-electron chi connectivity index (χ4n) is 8.41. The van der Waals surface area contributed by atoms with Gasteiger partial charge in [-0.1, -0.05) is 114 Å². The highest BCUT2D eigenvalue weighted by Crippen LogP contribution is 2.41. The van der Waals surface area contributed by atoms with Gasteiger partial charge in [-0.2, -0.15) is 0 Å². The quantitative estimate of drug-likeness (QED) is 0.0501. The second-order valence-corrected chi connectivity index (χ2v) is 19.0. The van der Waals surface area contributed by atoms with Gasteiger partial charge in [-0.15, -0.1) is 0 Å². The molecule has 5 aromatic rings. The smallest absolute Gasteiger partial charge is 0.494 e. The molecule has 0 spiro atoms. The summed E-state index contributed by atoms with van der Waals surface area (Å²) in [6, 6.07) is 22.0. The predicted octanol–water partition coefficient (Wildman–Crippen LogP) is 11.7. The first-order valence-corrected chi connectivity index (χ1v) is 22.5. The molecule has 2 aliphatic heterocycles. The molecule has 3 heterocycles. The second kappa shape index (κ2) is 17.3. The summed E-state index contributed by atoms with van der Waals surface area (Å²) in [4.78, 5) is 5.61. The fraction of sp³-hybridized carbons (Fsp3) is 0.571. The first-order chi connectivity index (χ1) is 27.7. The van der Waals surface area contributed by atoms with Gasteiger partial charge in [0.25, 0.3) is 0 Å². The number of aryl methyl sites for hydroxylation is 1. The van der Waals surface area contributed by atoms with Crippen molar-refractivity contribution in [3.05, 3.63) is 60.7 Å². The number of hydrogen-bond donors (Lipinski definition) is 0. The molecule has 2 fully saturated rings. The lowest BCUT2D eigenvalue weighted by Crippen LogP contribution is -2.41. The summed E-state index contributed by atoms with van der Waals surface area (Å²) in [6.07, 6.45) is 14.8. The SMILES string of the molecule is CCCCCCCCOc1ccc(-c2nc3c4cc(B5OC(C)(C)C(C)(C)O5)ccc4c4ccc(B5OC(C)(C)C(C)(C)O5)cc4c3n2CCCCCCCC)cc1. The van der Waals surface area contributed by atoms with Crippen LogP contribution in [0.2, 0.25) is 0 Å². The number of benzene rings is 4. The fourth-order valence-corrected chi connectivity index (χ4v) is 8.41. The Hall–Kier alpha value is -3.36. The molecule has 7 nitrogen and oxygen atoms in total. The number of aromatic nitrogens is 2. The van der Waals surface area contributed by atoms with Crippen LogP contribution in [0.15, 0.2) is 60.7 Å². The van der Waals surface area contributed by atoms with Gasteiger partial charge >= 0.3 is 14.2 Å². The minimum absolute atomic E-state index is 0.438. The van der Waals surface area contributed by atoms with Crippen molar-refractivity contribution < 1.29 is 23.4 Å². The average Bonchev–Trinajstić information content (AvgIpc) is 3.76. The Morgan fingerprint density at radius 2 is 1.00 bits per heavy atom. The number of fused-ring (bicyclic) bond motifs is 6. The first-order valence-electron chi connectivity index (χ1n) is 22.5. The molecule has 4 aromatic carbocycles. The topological polar surface area (TPSA) is 64.0 Å². The van der Waals surface area contributed by atoms with Crippen molar-refractivity contribution in [1.29, 1.82) is 0 Å². The maximum atomic E-state index is 6.61. The molecule has 310 valence electrons. The van der Waals surface area contributed by atoms with E-state index in [1.165, 1.54) is 69.6 Å². The molecule has 0 bridgehead atoms. The molecule has 0 atom stereocenters. The highest BCUT2D eigenvalue weighted by molar-refractivity contribution is 6.63. The Morgan fingerprint density at radius 1 is 0.534 bits per heavy atom. The lowest BCUT2D eigenvalue weighted by atomic mass is 9.76. The van der Waals surface area contributed by atoms with Crippen molar-refractivity contribution in [2.75, 3.05) is 6.61 Å². The number of rotatable bonds is 18. The Morgan fingerprint density at radius 3 is 1.53 bits per heavy atom. The third-order valence-electron chi connectivity index (χ3n) is 13.5. The van der Waals surface area contributed by atoms with Crippen LogP contribution in [0.5, 0.6) is 5.75 Å². The minimum Gasteiger partial charge on any atom is -0.494 e. The van der Waals surface area contributed by atoms with Crippen LogP contribution in [-0.4, -0.2) is 52.8 Å². The van der Waals surface area contributed by atoms with Gasteiger partial charge in [0.15, 0.2) is 0 Å². The summed E-state index contributed by atoms with van der Waals surface area (Å²) in [6.45, 7) is 23.1. The lowest BCUT2D eigenvalue weighted by molar-refractivity contribution is 0.00578. The molecule has 0 amide bonds. The summed E-state index contributed by atoms with van der Waals surface area (Å²) >= 11 is 0. The van der Waals surface area contributed by atoms with Gasteiger partial charge in [-0.05, 0) is 114 Å². The van der Waals surface area contributed by atoms with Gasteiger partial charge in [0, 0.05) is 22.9 Å².